The third-order valence-corrected chi connectivity index (χ3v) is 6.57. The molecule has 1 aliphatic carbocycles. The van der Waals surface area contributed by atoms with Gasteiger partial charge in [0.2, 0.25) is 0 Å². The van der Waals surface area contributed by atoms with E-state index in [2.05, 4.69) is 61.5 Å². The fourth-order valence-electron chi connectivity index (χ4n) is 4.56. The second-order valence-corrected chi connectivity index (χ2v) is 9.19. The number of ether oxygens (including phenoxy) is 3. The molecule has 4 nitrogen and oxygen atoms in total. The molecular formula is C29H36ClNO3. The van der Waals surface area contributed by atoms with Crippen molar-refractivity contribution in [1.82, 2.24) is 4.90 Å². The fraction of sp³-hybridized carbons (Fsp3) is 0.379. The minimum atomic E-state index is 0. The van der Waals surface area contributed by atoms with Crippen LogP contribution in [-0.4, -0.2) is 39.8 Å². The van der Waals surface area contributed by atoms with Crippen LogP contribution in [0.1, 0.15) is 29.5 Å². The summed E-state index contributed by atoms with van der Waals surface area (Å²) in [5.74, 6) is 3.24. The van der Waals surface area contributed by atoms with Gasteiger partial charge in [-0.15, -0.1) is 12.4 Å². The highest BCUT2D eigenvalue weighted by molar-refractivity contribution is 5.85. The molecule has 3 aromatic rings. The summed E-state index contributed by atoms with van der Waals surface area (Å²) >= 11 is 0. The molecule has 3 aromatic carbocycles. The second-order valence-electron chi connectivity index (χ2n) is 9.19. The van der Waals surface area contributed by atoms with Crippen molar-refractivity contribution in [3.05, 3.63) is 77.4 Å². The van der Waals surface area contributed by atoms with Gasteiger partial charge in [0.05, 0.1) is 14.2 Å². The maximum Gasteiger partial charge on any atom is 0.161 e. The molecule has 0 saturated carbocycles. The van der Waals surface area contributed by atoms with Gasteiger partial charge in [0.15, 0.2) is 11.5 Å². The van der Waals surface area contributed by atoms with Gasteiger partial charge in [0.25, 0.3) is 0 Å². The lowest BCUT2D eigenvalue weighted by molar-refractivity contribution is 0.304. The number of fused-ring (bicyclic) bond motifs is 1. The molecule has 0 amide bonds. The van der Waals surface area contributed by atoms with Crippen LogP contribution in [-0.2, 0) is 19.4 Å². The zero-order valence-electron chi connectivity index (χ0n) is 20.7. The van der Waals surface area contributed by atoms with Crippen molar-refractivity contribution in [3.8, 4) is 28.4 Å². The highest BCUT2D eigenvalue weighted by Crippen LogP contribution is 2.33. The maximum atomic E-state index is 6.13. The van der Waals surface area contributed by atoms with E-state index < -0.39 is 0 Å². The summed E-state index contributed by atoms with van der Waals surface area (Å²) in [7, 11) is 7.62. The van der Waals surface area contributed by atoms with E-state index in [1.54, 1.807) is 14.2 Å². The first kappa shape index (κ1) is 25.9. The number of hydrogen-bond acceptors (Lipinski definition) is 4. The molecule has 0 aliphatic heterocycles. The monoisotopic (exact) mass is 481 g/mol. The Morgan fingerprint density at radius 3 is 2.26 bits per heavy atom. The van der Waals surface area contributed by atoms with E-state index in [-0.39, 0.29) is 12.4 Å². The first-order valence-corrected chi connectivity index (χ1v) is 11.8. The highest BCUT2D eigenvalue weighted by Gasteiger charge is 2.19. The molecule has 0 fully saturated rings. The van der Waals surface area contributed by atoms with Crippen molar-refractivity contribution in [3.63, 3.8) is 0 Å². The van der Waals surface area contributed by atoms with Crippen molar-refractivity contribution < 1.29 is 14.2 Å². The standard InChI is InChI=1S/C29H35NO3.ClH/c1-30(2)16-15-21-5-10-25-18-27(13-11-24(25)17-21)33-20-22-6-8-23(9-7-22)26-12-14-28(31-3)29(19-26)32-4;/h6-9,11-14,18-19,21H,5,10,15-17,20H2,1-4H3;1H. The van der Waals surface area contributed by atoms with Gasteiger partial charge in [-0.05, 0) is 104 Å². The molecule has 34 heavy (non-hydrogen) atoms. The van der Waals surface area contributed by atoms with Gasteiger partial charge in [-0.3, -0.25) is 0 Å². The topological polar surface area (TPSA) is 30.9 Å². The van der Waals surface area contributed by atoms with Crippen molar-refractivity contribution >= 4 is 12.4 Å². The lowest BCUT2D eigenvalue weighted by atomic mass is 9.82. The molecule has 1 unspecified atom stereocenters. The van der Waals surface area contributed by atoms with Crippen LogP contribution in [0.4, 0.5) is 0 Å². The fourth-order valence-corrected chi connectivity index (χ4v) is 4.56. The van der Waals surface area contributed by atoms with Crippen LogP contribution < -0.4 is 14.2 Å². The smallest absolute Gasteiger partial charge is 0.161 e. The number of nitrogens with zero attached hydrogens (tertiary/aromatic N) is 1. The molecule has 5 heteroatoms. The molecule has 0 heterocycles. The summed E-state index contributed by atoms with van der Waals surface area (Å²) in [6.45, 7) is 1.74. The van der Waals surface area contributed by atoms with Gasteiger partial charge in [-0.2, -0.15) is 0 Å². The number of aryl methyl sites for hydroxylation is 1. The number of rotatable bonds is 9. The van der Waals surface area contributed by atoms with E-state index in [4.69, 9.17) is 14.2 Å². The van der Waals surface area contributed by atoms with Crippen LogP contribution in [0, 0.1) is 5.92 Å². The average Bonchev–Trinajstić information content (AvgIpc) is 2.85. The zero-order valence-corrected chi connectivity index (χ0v) is 21.5. The summed E-state index contributed by atoms with van der Waals surface area (Å²) in [6.07, 6.45) is 4.91. The van der Waals surface area contributed by atoms with Crippen LogP contribution in [0.2, 0.25) is 0 Å². The Bertz CT molecular complexity index is 1070. The van der Waals surface area contributed by atoms with Gasteiger partial charge >= 0.3 is 0 Å². The maximum absolute atomic E-state index is 6.13. The minimum Gasteiger partial charge on any atom is -0.493 e. The number of methoxy groups -OCH3 is 2. The zero-order chi connectivity index (χ0) is 23.2. The third kappa shape index (κ3) is 6.46. The Kier molecular flexibility index (Phi) is 9.26. The van der Waals surface area contributed by atoms with E-state index in [0.717, 1.165) is 46.3 Å². The van der Waals surface area contributed by atoms with E-state index >= 15 is 0 Å². The molecule has 0 aromatic heterocycles. The third-order valence-electron chi connectivity index (χ3n) is 6.57. The average molecular weight is 482 g/mol. The quantitative estimate of drug-likeness (QED) is 0.352. The summed E-state index contributed by atoms with van der Waals surface area (Å²) in [5.41, 5.74) is 6.34. The summed E-state index contributed by atoms with van der Waals surface area (Å²) in [6, 6.07) is 21.1. The van der Waals surface area contributed by atoms with Crippen LogP contribution >= 0.6 is 12.4 Å². The number of halogens is 1. The largest absolute Gasteiger partial charge is 0.493 e. The van der Waals surface area contributed by atoms with E-state index in [1.165, 1.54) is 36.9 Å². The minimum absolute atomic E-state index is 0. The summed E-state index contributed by atoms with van der Waals surface area (Å²) in [5, 5.41) is 0. The first-order chi connectivity index (χ1) is 16.1. The second kappa shape index (κ2) is 12.1. The highest BCUT2D eigenvalue weighted by atomic mass is 35.5. The van der Waals surface area contributed by atoms with Gasteiger partial charge in [0.1, 0.15) is 12.4 Å². The Labute approximate surface area is 210 Å². The van der Waals surface area contributed by atoms with Crippen molar-refractivity contribution in [2.75, 3.05) is 34.9 Å². The van der Waals surface area contributed by atoms with E-state index in [0.29, 0.717) is 6.61 Å². The molecule has 182 valence electrons. The van der Waals surface area contributed by atoms with Crippen LogP contribution in [0.15, 0.2) is 60.7 Å². The molecule has 0 radical (unpaired) electrons. The lowest BCUT2D eigenvalue weighted by Gasteiger charge is -2.26. The van der Waals surface area contributed by atoms with Crippen LogP contribution in [0.25, 0.3) is 11.1 Å². The molecule has 0 bridgehead atoms. The van der Waals surface area contributed by atoms with Gasteiger partial charge in [-0.25, -0.2) is 0 Å². The van der Waals surface area contributed by atoms with Crippen LogP contribution in [0.3, 0.4) is 0 Å². The predicted octanol–water partition coefficient (Wildman–Crippen LogP) is 6.43. The number of benzene rings is 3. The van der Waals surface area contributed by atoms with Crippen LogP contribution in [0.5, 0.6) is 17.2 Å². The summed E-state index contributed by atoms with van der Waals surface area (Å²) < 4.78 is 16.9. The normalized spacial score (nSPS) is 14.8. The molecular weight excluding hydrogens is 446 g/mol. The molecule has 0 N–H and O–H groups in total. The SMILES string of the molecule is COc1ccc(-c2ccc(COc3ccc4c(c3)CCC(CCN(C)C)C4)cc2)cc1OC.Cl. The van der Waals surface area contributed by atoms with Gasteiger partial charge in [0, 0.05) is 0 Å². The van der Waals surface area contributed by atoms with Gasteiger partial charge < -0.3 is 19.1 Å². The molecule has 1 aliphatic rings. The predicted molar refractivity (Wildman–Crippen MR) is 142 cm³/mol. The molecule has 0 spiro atoms. The Morgan fingerprint density at radius 1 is 0.824 bits per heavy atom. The van der Waals surface area contributed by atoms with Crippen molar-refractivity contribution in [1.29, 1.82) is 0 Å². The van der Waals surface area contributed by atoms with Crippen molar-refractivity contribution in [2.45, 2.75) is 32.3 Å². The first-order valence-electron chi connectivity index (χ1n) is 11.8. The molecule has 4 rings (SSSR count). The van der Waals surface area contributed by atoms with Gasteiger partial charge in [-0.1, -0.05) is 36.4 Å². The molecule has 0 saturated heterocycles. The van der Waals surface area contributed by atoms with Crippen molar-refractivity contribution in [2.24, 2.45) is 5.92 Å². The van der Waals surface area contributed by atoms with E-state index in [9.17, 15) is 0 Å². The van der Waals surface area contributed by atoms with E-state index in [1.807, 2.05) is 18.2 Å². The number of hydrogen-bond donors (Lipinski definition) is 0. The Hall–Kier alpha value is -2.69. The Balaban J connectivity index is 0.00000324. The molecule has 1 atom stereocenters. The lowest BCUT2D eigenvalue weighted by Crippen LogP contribution is -2.21. The Morgan fingerprint density at radius 2 is 1.56 bits per heavy atom. The summed E-state index contributed by atoms with van der Waals surface area (Å²) in [4.78, 5) is 2.28.